The van der Waals surface area contributed by atoms with E-state index in [0.29, 0.717) is 17.4 Å². The third-order valence-electron chi connectivity index (χ3n) is 13.2. The molecule has 0 aromatic carbocycles. The van der Waals surface area contributed by atoms with Crippen LogP contribution in [0.25, 0.3) is 0 Å². The molecule has 0 aliphatic heterocycles. The highest BCUT2D eigenvalue weighted by atomic mass is 31.2. The second-order valence-corrected chi connectivity index (χ2v) is 22.8. The number of likely N-dealkylation sites (N-methyl/N-ethyl adjacent to an activating group) is 1. The Labute approximate surface area is 428 Å². The fourth-order valence-electron chi connectivity index (χ4n) is 8.63. The molecule has 9 nitrogen and oxygen atoms in total. The molecule has 0 aromatic rings. The zero-order valence-electron chi connectivity index (χ0n) is 46.3. The number of rotatable bonds is 55. The number of esters is 2. The second-order valence-electron chi connectivity index (χ2n) is 21.4. The number of phosphoric acid groups is 1. The van der Waals surface area contributed by atoms with Crippen molar-refractivity contribution in [3.63, 3.8) is 0 Å². The van der Waals surface area contributed by atoms with E-state index in [1.165, 1.54) is 212 Å². The van der Waals surface area contributed by atoms with Gasteiger partial charge in [-0.1, -0.05) is 256 Å². The molecule has 2 atom stereocenters. The Morgan fingerprint density at radius 3 is 1.16 bits per heavy atom. The zero-order valence-corrected chi connectivity index (χ0v) is 47.2. The highest BCUT2D eigenvalue weighted by Crippen LogP contribution is 2.43. The van der Waals surface area contributed by atoms with Crippen molar-refractivity contribution in [2.75, 3.05) is 47.5 Å². The minimum absolute atomic E-state index is 0.0274. The molecule has 0 amide bonds. The summed E-state index contributed by atoms with van der Waals surface area (Å²) in [4.78, 5) is 35.7. The summed E-state index contributed by atoms with van der Waals surface area (Å²) in [6.07, 6.45) is 61.2. The van der Waals surface area contributed by atoms with E-state index < -0.39 is 26.5 Å². The van der Waals surface area contributed by atoms with Gasteiger partial charge in [0.1, 0.15) is 19.8 Å². The Kier molecular flexibility index (Phi) is 50.3. The number of hydrogen-bond acceptors (Lipinski definition) is 7. The lowest BCUT2D eigenvalue weighted by Gasteiger charge is -2.24. The number of hydrogen-bond donors (Lipinski definition) is 1. The number of allylic oxidation sites excluding steroid dienone is 4. The molecule has 1 N–H and O–H groups in total. The lowest BCUT2D eigenvalue weighted by atomic mass is 10.0. The second kappa shape index (κ2) is 51.4. The molecular formula is C59H115NO8P+. The number of quaternary nitrogens is 1. The van der Waals surface area contributed by atoms with Crippen molar-refractivity contribution < 1.29 is 42.1 Å². The molecule has 0 aliphatic rings. The fraction of sp³-hybridized carbons (Fsp3) is 0.898. The Morgan fingerprint density at radius 2 is 0.768 bits per heavy atom. The van der Waals surface area contributed by atoms with Crippen molar-refractivity contribution in [1.29, 1.82) is 0 Å². The molecule has 0 spiro atoms. The first-order chi connectivity index (χ1) is 33.5. The topological polar surface area (TPSA) is 108 Å². The van der Waals surface area contributed by atoms with Crippen LogP contribution >= 0.6 is 7.82 Å². The minimum Gasteiger partial charge on any atom is -0.462 e. The van der Waals surface area contributed by atoms with Crippen molar-refractivity contribution in [1.82, 2.24) is 0 Å². The minimum atomic E-state index is -4.39. The molecule has 69 heavy (non-hydrogen) atoms. The van der Waals surface area contributed by atoms with E-state index in [4.69, 9.17) is 18.5 Å². The highest BCUT2D eigenvalue weighted by Gasteiger charge is 2.27. The first-order valence-corrected chi connectivity index (χ1v) is 31.1. The SMILES string of the molecule is CCCCCCCCCCCCCCCC/C=C/CC/C=C/CCCC(=O)O[C@H](COC(=O)CCCCCCCCCCCCCCCCCCCCCCCC)COP(=O)(O)OCC[N+](C)(C)C. The van der Waals surface area contributed by atoms with Gasteiger partial charge in [0.15, 0.2) is 6.10 Å². The van der Waals surface area contributed by atoms with E-state index in [2.05, 4.69) is 38.2 Å². The number of ether oxygens (including phenoxy) is 2. The molecule has 0 aliphatic carbocycles. The maximum Gasteiger partial charge on any atom is 0.472 e. The van der Waals surface area contributed by atoms with E-state index in [-0.39, 0.29) is 32.0 Å². The molecule has 0 radical (unpaired) electrons. The third kappa shape index (κ3) is 55.7. The van der Waals surface area contributed by atoms with E-state index >= 15 is 0 Å². The molecule has 1 unspecified atom stereocenters. The van der Waals surface area contributed by atoms with Gasteiger partial charge in [0, 0.05) is 12.8 Å². The summed E-state index contributed by atoms with van der Waals surface area (Å²) >= 11 is 0. The van der Waals surface area contributed by atoms with Crippen LogP contribution in [0.4, 0.5) is 0 Å². The quantitative estimate of drug-likeness (QED) is 0.0211. The summed E-state index contributed by atoms with van der Waals surface area (Å²) in [5.74, 6) is -0.830. The standard InChI is InChI=1S/C59H114NO8P/c1-6-8-10-12-14-16-18-20-22-24-26-28-30-32-34-36-38-40-42-44-46-48-50-52-59(62)68-57(56-67-69(63,64)66-54-53-60(3,4)5)55-65-58(61)51-49-47-45-43-41-39-37-35-33-31-29-27-25-23-21-19-17-15-13-11-9-7-2/h36,38,44,46,57H,6-35,37,39-43,45,47-56H2,1-5H3/p+1/b38-36+,46-44+/t57-/m1/s1. The van der Waals surface area contributed by atoms with Crippen LogP contribution in [0.15, 0.2) is 24.3 Å². The molecule has 408 valence electrons. The first kappa shape index (κ1) is 67.5. The number of carbonyl (C=O) groups excluding carboxylic acids is 2. The molecule has 0 rings (SSSR count). The van der Waals surface area contributed by atoms with Gasteiger partial charge < -0.3 is 18.9 Å². The summed E-state index contributed by atoms with van der Waals surface area (Å²) in [7, 11) is 1.47. The van der Waals surface area contributed by atoms with Gasteiger partial charge in [-0.15, -0.1) is 0 Å². The van der Waals surface area contributed by atoms with Crippen LogP contribution in [-0.2, 0) is 32.7 Å². The van der Waals surface area contributed by atoms with Crippen molar-refractivity contribution in [3.05, 3.63) is 24.3 Å². The van der Waals surface area contributed by atoms with Crippen molar-refractivity contribution in [2.45, 2.75) is 296 Å². The number of unbranched alkanes of at least 4 members (excludes halogenated alkanes) is 37. The van der Waals surface area contributed by atoms with Crippen molar-refractivity contribution >= 4 is 19.8 Å². The van der Waals surface area contributed by atoms with Gasteiger partial charge in [-0.3, -0.25) is 18.6 Å². The van der Waals surface area contributed by atoms with Crippen LogP contribution < -0.4 is 0 Å². The van der Waals surface area contributed by atoms with Crippen LogP contribution in [-0.4, -0.2) is 74.9 Å². The fourth-order valence-corrected chi connectivity index (χ4v) is 9.37. The molecule has 0 heterocycles. The zero-order chi connectivity index (χ0) is 50.6. The average Bonchev–Trinajstić information content (AvgIpc) is 3.31. The van der Waals surface area contributed by atoms with Crippen LogP contribution in [0.2, 0.25) is 0 Å². The lowest BCUT2D eigenvalue weighted by Crippen LogP contribution is -2.37. The van der Waals surface area contributed by atoms with Crippen molar-refractivity contribution in [3.8, 4) is 0 Å². The monoisotopic (exact) mass is 997 g/mol. The Hall–Kier alpha value is -1.51. The summed E-state index contributed by atoms with van der Waals surface area (Å²) in [5.41, 5.74) is 0. The lowest BCUT2D eigenvalue weighted by molar-refractivity contribution is -0.870. The number of phosphoric ester groups is 1. The molecule has 0 bridgehead atoms. The first-order valence-electron chi connectivity index (χ1n) is 29.6. The summed E-state index contributed by atoms with van der Waals surface area (Å²) in [5, 5.41) is 0. The van der Waals surface area contributed by atoms with Gasteiger partial charge >= 0.3 is 19.8 Å². The van der Waals surface area contributed by atoms with Gasteiger partial charge in [-0.05, 0) is 44.9 Å². The van der Waals surface area contributed by atoms with Gasteiger partial charge in [0.05, 0.1) is 27.7 Å². The Balaban J connectivity index is 4.18. The van der Waals surface area contributed by atoms with E-state index in [1.54, 1.807) is 0 Å². The normalized spacial score (nSPS) is 13.4. The smallest absolute Gasteiger partial charge is 0.462 e. The summed E-state index contributed by atoms with van der Waals surface area (Å²) in [6.45, 7) is 4.45. The van der Waals surface area contributed by atoms with Gasteiger partial charge in [-0.2, -0.15) is 0 Å². The molecule has 0 fully saturated rings. The van der Waals surface area contributed by atoms with Gasteiger partial charge in [-0.25, -0.2) is 4.57 Å². The summed E-state index contributed by atoms with van der Waals surface area (Å²) < 4.78 is 34.5. The molecular weight excluding hydrogens is 882 g/mol. The molecule has 10 heteroatoms. The molecule has 0 saturated carbocycles. The third-order valence-corrected chi connectivity index (χ3v) is 14.2. The van der Waals surface area contributed by atoms with E-state index in [9.17, 15) is 19.0 Å². The maximum atomic E-state index is 12.8. The largest absolute Gasteiger partial charge is 0.472 e. The van der Waals surface area contributed by atoms with Crippen LogP contribution in [0.3, 0.4) is 0 Å². The average molecular weight is 998 g/mol. The van der Waals surface area contributed by atoms with E-state index in [0.717, 1.165) is 44.9 Å². The van der Waals surface area contributed by atoms with Gasteiger partial charge in [0.25, 0.3) is 0 Å². The predicted octanol–water partition coefficient (Wildman–Crippen LogP) is 18.2. The maximum absolute atomic E-state index is 12.8. The molecule has 0 saturated heterocycles. The van der Waals surface area contributed by atoms with Crippen LogP contribution in [0.5, 0.6) is 0 Å². The number of nitrogens with zero attached hydrogens (tertiary/aromatic N) is 1. The summed E-state index contributed by atoms with van der Waals surface area (Å²) in [6, 6.07) is 0. The Morgan fingerprint density at radius 1 is 0.435 bits per heavy atom. The van der Waals surface area contributed by atoms with Crippen molar-refractivity contribution in [2.24, 2.45) is 0 Å². The van der Waals surface area contributed by atoms with Gasteiger partial charge in [0.2, 0.25) is 0 Å². The van der Waals surface area contributed by atoms with Crippen LogP contribution in [0, 0.1) is 0 Å². The Bertz CT molecular complexity index is 1220. The number of carbonyl (C=O) groups is 2. The highest BCUT2D eigenvalue weighted by molar-refractivity contribution is 7.47. The van der Waals surface area contributed by atoms with E-state index in [1.807, 2.05) is 21.1 Å². The predicted molar refractivity (Wildman–Crippen MR) is 294 cm³/mol. The van der Waals surface area contributed by atoms with Crippen LogP contribution in [0.1, 0.15) is 290 Å². The molecule has 0 aromatic heterocycles.